The Morgan fingerprint density at radius 2 is 1.39 bits per heavy atom. The SMILES string of the molecule is O=C(N=Nc1cc(NS(=O)(=O)c2ccccc2)c2ccccc2c1O)c1cc(O)cc(O)c1. The van der Waals surface area contributed by atoms with Gasteiger partial charge in [0.05, 0.1) is 16.1 Å². The summed E-state index contributed by atoms with van der Waals surface area (Å²) in [5.41, 5.74) is -0.151. The summed E-state index contributed by atoms with van der Waals surface area (Å²) in [7, 11) is -3.94. The van der Waals surface area contributed by atoms with Crippen molar-refractivity contribution in [3.63, 3.8) is 0 Å². The Labute approximate surface area is 188 Å². The number of phenolic OH excluding ortho intramolecular Hbond substituents is 3. The average molecular weight is 463 g/mol. The highest BCUT2D eigenvalue weighted by Gasteiger charge is 2.18. The molecule has 10 heteroatoms. The molecular formula is C23H17N3O6S. The fourth-order valence-corrected chi connectivity index (χ4v) is 4.28. The molecule has 4 aromatic carbocycles. The summed E-state index contributed by atoms with van der Waals surface area (Å²) in [6, 6.07) is 18.8. The third kappa shape index (κ3) is 4.60. The fraction of sp³-hybridized carbons (Fsp3) is 0. The van der Waals surface area contributed by atoms with Crippen molar-refractivity contribution >= 4 is 38.1 Å². The Balaban J connectivity index is 1.76. The molecule has 9 nitrogen and oxygen atoms in total. The van der Waals surface area contributed by atoms with Crippen LogP contribution in [0.4, 0.5) is 11.4 Å². The number of carbonyl (C=O) groups is 1. The van der Waals surface area contributed by atoms with Gasteiger partial charge in [0, 0.05) is 16.8 Å². The van der Waals surface area contributed by atoms with Crippen LogP contribution in [0.15, 0.2) is 94.0 Å². The molecule has 0 aliphatic carbocycles. The Kier molecular flexibility index (Phi) is 5.67. The average Bonchev–Trinajstić information content (AvgIpc) is 2.79. The Morgan fingerprint density at radius 3 is 2.06 bits per heavy atom. The van der Waals surface area contributed by atoms with Crippen LogP contribution in [0.5, 0.6) is 17.2 Å². The number of nitrogens with zero attached hydrogens (tertiary/aromatic N) is 2. The van der Waals surface area contributed by atoms with E-state index in [0.29, 0.717) is 10.8 Å². The summed E-state index contributed by atoms with van der Waals surface area (Å²) >= 11 is 0. The molecule has 0 saturated carbocycles. The number of aromatic hydroxyl groups is 3. The number of amides is 1. The highest BCUT2D eigenvalue weighted by Crippen LogP contribution is 2.40. The molecule has 166 valence electrons. The van der Waals surface area contributed by atoms with Gasteiger partial charge in [0.1, 0.15) is 17.2 Å². The summed E-state index contributed by atoms with van der Waals surface area (Å²) in [5, 5.41) is 37.7. The number of phenols is 3. The lowest BCUT2D eigenvalue weighted by molar-refractivity contribution is 0.0994. The van der Waals surface area contributed by atoms with E-state index in [1.54, 1.807) is 42.5 Å². The molecule has 0 aromatic heterocycles. The minimum atomic E-state index is -3.94. The normalized spacial score (nSPS) is 11.6. The molecule has 33 heavy (non-hydrogen) atoms. The summed E-state index contributed by atoms with van der Waals surface area (Å²) in [4.78, 5) is 12.4. The van der Waals surface area contributed by atoms with E-state index in [0.717, 1.165) is 18.2 Å². The maximum absolute atomic E-state index is 12.8. The van der Waals surface area contributed by atoms with Gasteiger partial charge in [-0.05, 0) is 30.3 Å². The summed E-state index contributed by atoms with van der Waals surface area (Å²) in [6.45, 7) is 0. The second-order valence-electron chi connectivity index (χ2n) is 7.00. The van der Waals surface area contributed by atoms with Crippen molar-refractivity contribution in [2.45, 2.75) is 4.90 Å². The van der Waals surface area contributed by atoms with Crippen molar-refractivity contribution in [1.29, 1.82) is 0 Å². The summed E-state index contributed by atoms with van der Waals surface area (Å²) in [6.07, 6.45) is 0. The first-order valence-electron chi connectivity index (χ1n) is 9.56. The molecule has 0 aliphatic heterocycles. The zero-order chi connectivity index (χ0) is 23.6. The van der Waals surface area contributed by atoms with Gasteiger partial charge < -0.3 is 15.3 Å². The lowest BCUT2D eigenvalue weighted by atomic mass is 10.1. The van der Waals surface area contributed by atoms with Crippen LogP contribution in [-0.4, -0.2) is 29.6 Å². The van der Waals surface area contributed by atoms with E-state index in [1.165, 1.54) is 18.2 Å². The van der Waals surface area contributed by atoms with Crippen molar-refractivity contribution in [1.82, 2.24) is 0 Å². The molecule has 4 N–H and O–H groups in total. The van der Waals surface area contributed by atoms with Gasteiger partial charge in [-0.15, -0.1) is 10.2 Å². The molecular weight excluding hydrogens is 446 g/mol. The van der Waals surface area contributed by atoms with Gasteiger partial charge in [0.2, 0.25) is 0 Å². The van der Waals surface area contributed by atoms with Gasteiger partial charge in [-0.2, -0.15) is 0 Å². The molecule has 4 rings (SSSR count). The van der Waals surface area contributed by atoms with E-state index in [9.17, 15) is 28.5 Å². The summed E-state index contributed by atoms with van der Waals surface area (Å²) < 4.78 is 28.1. The second kappa shape index (κ2) is 8.60. The number of fused-ring (bicyclic) bond motifs is 1. The van der Waals surface area contributed by atoms with Crippen molar-refractivity contribution < 1.29 is 28.5 Å². The number of hydrogen-bond acceptors (Lipinski definition) is 7. The van der Waals surface area contributed by atoms with Crippen LogP contribution in [0.2, 0.25) is 0 Å². The molecule has 1 amide bonds. The Morgan fingerprint density at radius 1 is 0.788 bits per heavy atom. The number of azo groups is 1. The van der Waals surface area contributed by atoms with E-state index in [-0.39, 0.29) is 39.1 Å². The van der Waals surface area contributed by atoms with Crippen LogP contribution >= 0.6 is 0 Å². The van der Waals surface area contributed by atoms with Crippen molar-refractivity contribution in [2.24, 2.45) is 10.2 Å². The standard InChI is InChI=1S/C23H17N3O6S/c27-15-10-14(11-16(28)12-15)23(30)25-24-21-13-20(18-8-4-5-9-19(18)22(21)29)26-33(31,32)17-6-2-1-3-7-17/h1-13,26-29H. The van der Waals surface area contributed by atoms with Gasteiger partial charge in [-0.3, -0.25) is 9.52 Å². The molecule has 0 radical (unpaired) electrons. The van der Waals surface area contributed by atoms with E-state index in [2.05, 4.69) is 15.0 Å². The van der Waals surface area contributed by atoms with E-state index < -0.39 is 15.9 Å². The highest BCUT2D eigenvalue weighted by molar-refractivity contribution is 7.92. The number of benzene rings is 4. The molecule has 0 bridgehead atoms. The smallest absolute Gasteiger partial charge is 0.295 e. The number of hydrogen-bond donors (Lipinski definition) is 4. The third-order valence-electron chi connectivity index (χ3n) is 4.69. The van der Waals surface area contributed by atoms with E-state index in [4.69, 9.17) is 0 Å². The summed E-state index contributed by atoms with van der Waals surface area (Å²) in [5.74, 6) is -1.86. The Hall–Kier alpha value is -4.44. The Bertz CT molecular complexity index is 1480. The van der Waals surface area contributed by atoms with Gasteiger partial charge in [0.15, 0.2) is 5.75 Å². The molecule has 0 atom stereocenters. The maximum atomic E-state index is 12.8. The molecule has 0 aliphatic rings. The third-order valence-corrected chi connectivity index (χ3v) is 6.07. The number of anilines is 1. The van der Waals surface area contributed by atoms with Gasteiger partial charge in [0.25, 0.3) is 15.9 Å². The second-order valence-corrected chi connectivity index (χ2v) is 8.68. The predicted molar refractivity (Wildman–Crippen MR) is 121 cm³/mol. The number of nitrogens with one attached hydrogen (secondary N) is 1. The molecule has 0 fully saturated rings. The van der Waals surface area contributed by atoms with E-state index >= 15 is 0 Å². The first kappa shape index (κ1) is 21.8. The van der Waals surface area contributed by atoms with Crippen LogP contribution in [0.25, 0.3) is 10.8 Å². The van der Waals surface area contributed by atoms with E-state index in [1.807, 2.05) is 0 Å². The van der Waals surface area contributed by atoms with Gasteiger partial charge >= 0.3 is 0 Å². The van der Waals surface area contributed by atoms with Crippen LogP contribution in [0.3, 0.4) is 0 Å². The molecule has 4 aromatic rings. The number of carbonyl (C=O) groups excluding carboxylic acids is 1. The highest BCUT2D eigenvalue weighted by atomic mass is 32.2. The zero-order valence-electron chi connectivity index (χ0n) is 16.9. The van der Waals surface area contributed by atoms with Crippen LogP contribution in [0.1, 0.15) is 10.4 Å². The first-order valence-corrected chi connectivity index (χ1v) is 11.0. The molecule has 0 spiro atoms. The van der Waals surface area contributed by atoms with Gasteiger partial charge in [-0.1, -0.05) is 42.5 Å². The lowest BCUT2D eigenvalue weighted by Gasteiger charge is -2.13. The molecule has 0 unspecified atom stereocenters. The topological polar surface area (TPSA) is 149 Å². The minimum absolute atomic E-state index is 0.0456. The molecule has 0 heterocycles. The maximum Gasteiger partial charge on any atom is 0.295 e. The number of rotatable bonds is 5. The monoisotopic (exact) mass is 463 g/mol. The molecule has 0 saturated heterocycles. The lowest BCUT2D eigenvalue weighted by Crippen LogP contribution is -2.13. The van der Waals surface area contributed by atoms with Crippen LogP contribution in [-0.2, 0) is 10.0 Å². The zero-order valence-corrected chi connectivity index (χ0v) is 17.7. The van der Waals surface area contributed by atoms with Crippen molar-refractivity contribution in [2.75, 3.05) is 4.72 Å². The quantitative estimate of drug-likeness (QED) is 0.249. The predicted octanol–water partition coefficient (Wildman–Crippen LogP) is 4.68. The number of sulfonamides is 1. The fourth-order valence-electron chi connectivity index (χ4n) is 3.18. The van der Waals surface area contributed by atoms with Crippen LogP contribution in [0, 0.1) is 0 Å². The van der Waals surface area contributed by atoms with Crippen molar-refractivity contribution in [3.05, 3.63) is 84.4 Å². The van der Waals surface area contributed by atoms with Gasteiger partial charge in [-0.25, -0.2) is 8.42 Å². The van der Waals surface area contributed by atoms with Crippen molar-refractivity contribution in [3.8, 4) is 17.2 Å². The minimum Gasteiger partial charge on any atom is -0.508 e. The first-order chi connectivity index (χ1) is 15.7. The largest absolute Gasteiger partial charge is 0.508 e. The van der Waals surface area contributed by atoms with Crippen LogP contribution < -0.4 is 4.72 Å².